The van der Waals surface area contributed by atoms with Gasteiger partial charge in [-0.15, -0.1) is 0 Å². The lowest BCUT2D eigenvalue weighted by Gasteiger charge is -2.39. The molecule has 1 saturated heterocycles. The molecule has 1 aliphatic heterocycles. The van der Waals surface area contributed by atoms with Gasteiger partial charge in [0.05, 0.1) is 25.5 Å². The molecule has 2 N–H and O–H groups in total. The molecule has 7 heteroatoms. The van der Waals surface area contributed by atoms with Crippen molar-refractivity contribution in [2.75, 3.05) is 45.9 Å². The maximum Gasteiger partial charge on any atom is 0.191 e. The van der Waals surface area contributed by atoms with E-state index >= 15 is 0 Å². The van der Waals surface area contributed by atoms with E-state index in [1.807, 2.05) is 13.8 Å². The van der Waals surface area contributed by atoms with E-state index in [2.05, 4.69) is 48.4 Å². The Kier molecular flexibility index (Phi) is 7.46. The van der Waals surface area contributed by atoms with E-state index in [1.54, 1.807) is 0 Å². The molecule has 1 aliphatic rings. The molecule has 0 spiro atoms. The highest BCUT2D eigenvalue weighted by Gasteiger charge is 2.28. The minimum atomic E-state index is 0.0133. The second-order valence-electron chi connectivity index (χ2n) is 7.63. The summed E-state index contributed by atoms with van der Waals surface area (Å²) in [6.07, 6.45) is 0. The number of rotatable bonds is 7. The molecule has 0 bridgehead atoms. The van der Waals surface area contributed by atoms with Crippen molar-refractivity contribution in [3.63, 3.8) is 0 Å². The first-order chi connectivity index (χ1) is 12.3. The normalized spacial score (nSPS) is 18.0. The summed E-state index contributed by atoms with van der Waals surface area (Å²) in [5, 5.41) is 10.9. The van der Waals surface area contributed by atoms with Crippen LogP contribution < -0.4 is 10.6 Å². The van der Waals surface area contributed by atoms with Crippen LogP contribution in [0.3, 0.4) is 0 Å². The average molecular weight is 366 g/mol. The molecule has 0 aliphatic carbocycles. The fourth-order valence-corrected chi connectivity index (χ4v) is 3.43. The van der Waals surface area contributed by atoms with Crippen LogP contribution in [-0.4, -0.2) is 67.5 Å². The van der Waals surface area contributed by atoms with Crippen LogP contribution >= 0.6 is 0 Å². The first-order valence-corrected chi connectivity index (χ1v) is 9.63. The smallest absolute Gasteiger partial charge is 0.191 e. The minimum Gasteiger partial charge on any atom is -0.379 e. The van der Waals surface area contributed by atoms with Crippen molar-refractivity contribution in [3.8, 4) is 0 Å². The van der Waals surface area contributed by atoms with Crippen molar-refractivity contribution in [1.29, 1.82) is 0 Å². The number of nitrogens with zero attached hydrogens (tertiary/aromatic N) is 3. The molecule has 2 heterocycles. The van der Waals surface area contributed by atoms with Gasteiger partial charge in [-0.2, -0.15) is 0 Å². The average Bonchev–Trinajstić information content (AvgIpc) is 2.96. The van der Waals surface area contributed by atoms with Crippen LogP contribution in [0.4, 0.5) is 0 Å². The summed E-state index contributed by atoms with van der Waals surface area (Å²) in [4.78, 5) is 7.29. The molecule has 1 unspecified atom stereocenters. The van der Waals surface area contributed by atoms with Gasteiger partial charge in [0.15, 0.2) is 5.96 Å². The standard InChI is InChI=1S/C19H35N5O2/c1-7-20-18(21-12-14(2)17-15(3)23-26-16(17)4)22-13-19(5,6)24-8-10-25-11-9-24/h14H,7-13H2,1-6H3,(H2,20,21,22). The maximum atomic E-state index is 5.46. The number of nitrogens with one attached hydrogen (secondary N) is 2. The van der Waals surface area contributed by atoms with E-state index in [0.717, 1.165) is 63.4 Å². The van der Waals surface area contributed by atoms with Gasteiger partial charge in [-0.1, -0.05) is 12.1 Å². The topological polar surface area (TPSA) is 74.9 Å². The monoisotopic (exact) mass is 365 g/mol. The van der Waals surface area contributed by atoms with Gasteiger partial charge in [-0.05, 0) is 34.6 Å². The lowest BCUT2D eigenvalue weighted by atomic mass is 10.00. The second-order valence-corrected chi connectivity index (χ2v) is 7.63. The molecule has 1 aromatic heterocycles. The Balaban J connectivity index is 1.95. The third-order valence-corrected chi connectivity index (χ3v) is 4.99. The lowest BCUT2D eigenvalue weighted by molar-refractivity contribution is -0.00683. The van der Waals surface area contributed by atoms with Crippen molar-refractivity contribution in [3.05, 3.63) is 17.0 Å². The minimum absolute atomic E-state index is 0.0133. The molecule has 1 atom stereocenters. The highest BCUT2D eigenvalue weighted by Crippen LogP contribution is 2.22. The molecule has 26 heavy (non-hydrogen) atoms. The number of hydrogen-bond acceptors (Lipinski definition) is 5. The summed E-state index contributed by atoms with van der Waals surface area (Å²) in [6, 6.07) is 0. The molecule has 1 fully saturated rings. The van der Waals surface area contributed by atoms with Gasteiger partial charge in [0.25, 0.3) is 0 Å². The van der Waals surface area contributed by atoms with Crippen LogP contribution in [0.1, 0.15) is 50.6 Å². The number of aryl methyl sites for hydroxylation is 2. The van der Waals surface area contributed by atoms with Crippen LogP contribution in [0.25, 0.3) is 0 Å². The summed E-state index contributed by atoms with van der Waals surface area (Å²) >= 11 is 0. The summed E-state index contributed by atoms with van der Waals surface area (Å²) in [5.74, 6) is 2.05. The Bertz CT molecular complexity index is 571. The molecule has 0 amide bonds. The predicted molar refractivity (Wildman–Crippen MR) is 105 cm³/mol. The number of aromatic nitrogens is 1. The van der Waals surface area contributed by atoms with E-state index in [4.69, 9.17) is 14.3 Å². The van der Waals surface area contributed by atoms with E-state index in [9.17, 15) is 0 Å². The Morgan fingerprint density at radius 1 is 1.27 bits per heavy atom. The Labute approximate surface area is 157 Å². The van der Waals surface area contributed by atoms with Crippen molar-refractivity contribution in [2.24, 2.45) is 4.99 Å². The second kappa shape index (κ2) is 9.37. The Morgan fingerprint density at radius 2 is 1.96 bits per heavy atom. The number of aliphatic imine (C=N–C) groups is 1. The van der Waals surface area contributed by atoms with Gasteiger partial charge in [0.1, 0.15) is 5.76 Å². The lowest BCUT2D eigenvalue weighted by Crippen LogP contribution is -2.52. The third-order valence-electron chi connectivity index (χ3n) is 4.99. The van der Waals surface area contributed by atoms with Gasteiger partial charge in [0.2, 0.25) is 0 Å². The van der Waals surface area contributed by atoms with Gasteiger partial charge in [-0.25, -0.2) is 0 Å². The summed E-state index contributed by atoms with van der Waals surface area (Å²) in [5.41, 5.74) is 2.16. The fraction of sp³-hybridized carbons (Fsp3) is 0.789. The van der Waals surface area contributed by atoms with Gasteiger partial charge in [-0.3, -0.25) is 9.89 Å². The summed E-state index contributed by atoms with van der Waals surface area (Å²) < 4.78 is 10.8. The van der Waals surface area contributed by atoms with E-state index in [-0.39, 0.29) is 5.54 Å². The summed E-state index contributed by atoms with van der Waals surface area (Å²) in [7, 11) is 0. The predicted octanol–water partition coefficient (Wildman–Crippen LogP) is 2.06. The zero-order valence-corrected chi connectivity index (χ0v) is 17.2. The molecule has 0 aromatic carbocycles. The van der Waals surface area contributed by atoms with Crippen molar-refractivity contribution in [2.45, 2.75) is 53.0 Å². The first-order valence-electron chi connectivity index (χ1n) is 9.63. The van der Waals surface area contributed by atoms with E-state index < -0.39 is 0 Å². The van der Waals surface area contributed by atoms with Crippen LogP contribution in [0.5, 0.6) is 0 Å². The van der Waals surface area contributed by atoms with Crippen LogP contribution in [0, 0.1) is 13.8 Å². The number of hydrogen-bond donors (Lipinski definition) is 2. The van der Waals surface area contributed by atoms with Gasteiger partial charge < -0.3 is 19.9 Å². The largest absolute Gasteiger partial charge is 0.379 e. The van der Waals surface area contributed by atoms with E-state index in [0.29, 0.717) is 5.92 Å². The molecule has 2 rings (SSSR count). The zero-order chi connectivity index (χ0) is 19.2. The molecule has 148 valence electrons. The third kappa shape index (κ3) is 5.45. The molecule has 0 radical (unpaired) electrons. The van der Waals surface area contributed by atoms with Gasteiger partial charge >= 0.3 is 0 Å². The maximum absolute atomic E-state index is 5.46. The molecule has 1 aromatic rings. The Morgan fingerprint density at radius 3 is 2.54 bits per heavy atom. The highest BCUT2D eigenvalue weighted by molar-refractivity contribution is 5.79. The van der Waals surface area contributed by atoms with Gasteiger partial charge in [0, 0.05) is 43.2 Å². The molecule has 0 saturated carbocycles. The van der Waals surface area contributed by atoms with Crippen LogP contribution in [-0.2, 0) is 4.74 Å². The molecule has 7 nitrogen and oxygen atoms in total. The Hall–Kier alpha value is -1.60. The van der Waals surface area contributed by atoms with Crippen molar-refractivity contribution >= 4 is 5.96 Å². The fourth-order valence-electron chi connectivity index (χ4n) is 3.43. The van der Waals surface area contributed by atoms with Crippen LogP contribution in [0.15, 0.2) is 9.52 Å². The SMILES string of the molecule is CCNC(=NCC(C)(C)N1CCOCC1)NCC(C)c1c(C)noc1C. The molecular weight excluding hydrogens is 330 g/mol. The number of ether oxygens (including phenoxy) is 1. The number of morpholine rings is 1. The van der Waals surface area contributed by atoms with E-state index in [1.165, 1.54) is 5.56 Å². The number of guanidine groups is 1. The van der Waals surface area contributed by atoms with Crippen LogP contribution in [0.2, 0.25) is 0 Å². The summed E-state index contributed by atoms with van der Waals surface area (Å²) in [6.45, 7) is 18.6. The van der Waals surface area contributed by atoms with Crippen molar-refractivity contribution < 1.29 is 9.26 Å². The highest BCUT2D eigenvalue weighted by atomic mass is 16.5. The molecular formula is C19H35N5O2. The first kappa shape index (κ1) is 20.7. The van der Waals surface area contributed by atoms with Crippen molar-refractivity contribution in [1.82, 2.24) is 20.7 Å². The zero-order valence-electron chi connectivity index (χ0n) is 17.2. The quantitative estimate of drug-likeness (QED) is 0.569.